The Hall–Kier alpha value is -1.89. The van der Waals surface area contributed by atoms with Gasteiger partial charge in [0.15, 0.2) is 0 Å². The number of rotatable bonds is 4. The fourth-order valence-electron chi connectivity index (χ4n) is 1.55. The van der Waals surface area contributed by atoms with Gasteiger partial charge >= 0.3 is 0 Å². The van der Waals surface area contributed by atoms with Crippen LogP contribution in [0.1, 0.15) is 6.42 Å². The van der Waals surface area contributed by atoms with Crippen LogP contribution >= 0.6 is 11.6 Å². The molecule has 1 amide bonds. The van der Waals surface area contributed by atoms with E-state index in [1.54, 1.807) is 17.6 Å². The molecule has 2 heterocycles. The number of nitrogens with zero attached hydrogens (tertiary/aromatic N) is 5. The Balaban J connectivity index is 2.23. The number of amides is 1. The molecule has 0 fully saturated rings. The summed E-state index contributed by atoms with van der Waals surface area (Å²) in [6, 6.07) is 1.69. The van der Waals surface area contributed by atoms with E-state index in [0.29, 0.717) is 23.9 Å². The van der Waals surface area contributed by atoms with Gasteiger partial charge in [0.2, 0.25) is 5.91 Å². The molecule has 0 spiro atoms. The highest BCUT2D eigenvalue weighted by atomic mass is 35.5. The second kappa shape index (κ2) is 5.18. The fourth-order valence-corrected chi connectivity index (χ4v) is 1.72. The number of anilines is 1. The molecule has 96 valence electrons. The number of nitrogens with one attached hydrogen (secondary N) is 1. The van der Waals surface area contributed by atoms with Gasteiger partial charge in [-0.3, -0.25) is 4.79 Å². The predicted molar refractivity (Wildman–Crippen MR) is 67.7 cm³/mol. The first-order valence-corrected chi connectivity index (χ1v) is 5.77. The molecule has 0 aliphatic heterocycles. The van der Waals surface area contributed by atoms with Crippen molar-refractivity contribution < 1.29 is 4.79 Å². The quantitative estimate of drug-likeness (QED) is 0.810. The van der Waals surface area contributed by atoms with Gasteiger partial charge in [-0.2, -0.15) is 19.6 Å². The Morgan fingerprint density at radius 2 is 2.39 bits per heavy atom. The highest BCUT2D eigenvalue weighted by Crippen LogP contribution is 2.17. The fraction of sp³-hybridized carbons (Fsp3) is 0.400. The van der Waals surface area contributed by atoms with Crippen LogP contribution < -0.4 is 10.2 Å². The second-order valence-corrected chi connectivity index (χ2v) is 4.14. The summed E-state index contributed by atoms with van der Waals surface area (Å²) in [5.74, 6) is 1.16. The van der Waals surface area contributed by atoms with Gasteiger partial charge < -0.3 is 10.2 Å². The highest BCUT2D eigenvalue weighted by molar-refractivity contribution is 6.29. The molecule has 18 heavy (non-hydrogen) atoms. The summed E-state index contributed by atoms with van der Waals surface area (Å²) in [6.07, 6.45) is 1.80. The van der Waals surface area contributed by atoms with E-state index in [1.807, 2.05) is 11.9 Å². The van der Waals surface area contributed by atoms with Crippen molar-refractivity contribution in [3.05, 3.63) is 17.5 Å². The molecule has 1 N–H and O–H groups in total. The molecule has 0 atom stereocenters. The van der Waals surface area contributed by atoms with Crippen molar-refractivity contribution in [2.45, 2.75) is 6.42 Å². The molecule has 8 heteroatoms. The van der Waals surface area contributed by atoms with Crippen molar-refractivity contribution in [1.29, 1.82) is 0 Å². The highest BCUT2D eigenvalue weighted by Gasteiger charge is 2.11. The van der Waals surface area contributed by atoms with Crippen molar-refractivity contribution in [2.75, 3.05) is 25.5 Å². The molecule has 2 aromatic heterocycles. The summed E-state index contributed by atoms with van der Waals surface area (Å²) >= 11 is 5.92. The van der Waals surface area contributed by atoms with Crippen LogP contribution in [0.5, 0.6) is 0 Å². The third-order valence-electron chi connectivity index (χ3n) is 2.55. The largest absolute Gasteiger partial charge is 0.359 e. The number of carbonyl (C=O) groups is 1. The zero-order valence-electron chi connectivity index (χ0n) is 10.1. The number of hydrogen-bond acceptors (Lipinski definition) is 5. The average molecular weight is 269 g/mol. The molecule has 2 rings (SSSR count). The van der Waals surface area contributed by atoms with Crippen LogP contribution in [0.4, 0.5) is 5.82 Å². The van der Waals surface area contributed by atoms with Crippen molar-refractivity contribution in [3.63, 3.8) is 0 Å². The van der Waals surface area contributed by atoms with E-state index < -0.39 is 0 Å². The molecule has 0 bridgehead atoms. The second-order valence-electron chi connectivity index (χ2n) is 3.75. The third kappa shape index (κ3) is 2.51. The Kier molecular flexibility index (Phi) is 3.61. The lowest BCUT2D eigenvalue weighted by Crippen LogP contribution is -2.27. The van der Waals surface area contributed by atoms with E-state index in [4.69, 9.17) is 11.6 Å². The first-order chi connectivity index (χ1) is 8.61. The number of halogens is 1. The SMILES string of the molecule is CNC(=O)CCN(C)c1cc(Cl)nc2ncnn12. The smallest absolute Gasteiger partial charge is 0.255 e. The molecule has 0 aromatic carbocycles. The Bertz CT molecular complexity index is 568. The minimum Gasteiger partial charge on any atom is -0.359 e. The van der Waals surface area contributed by atoms with E-state index in [2.05, 4.69) is 20.4 Å². The summed E-state index contributed by atoms with van der Waals surface area (Å²) in [5.41, 5.74) is 0. The maximum Gasteiger partial charge on any atom is 0.255 e. The maximum atomic E-state index is 11.2. The molecule has 0 unspecified atom stereocenters. The summed E-state index contributed by atoms with van der Waals surface area (Å²) in [6.45, 7) is 0.551. The Labute approximate surface area is 109 Å². The van der Waals surface area contributed by atoms with Crippen molar-refractivity contribution in [3.8, 4) is 0 Å². The number of carbonyl (C=O) groups excluding carboxylic acids is 1. The minimum absolute atomic E-state index is 0.0168. The van der Waals surface area contributed by atoms with Crippen molar-refractivity contribution >= 4 is 29.1 Å². The zero-order chi connectivity index (χ0) is 13.1. The standard InChI is InChI=1S/C10H13ClN6O/c1-12-8(18)3-4-16(2)9-5-7(11)15-10-13-6-14-17(9)10/h5-6H,3-4H2,1-2H3,(H,12,18). The number of hydrogen-bond donors (Lipinski definition) is 1. The van der Waals surface area contributed by atoms with Crippen molar-refractivity contribution in [2.24, 2.45) is 0 Å². The molecule has 0 saturated heterocycles. The first-order valence-electron chi connectivity index (χ1n) is 5.40. The minimum atomic E-state index is -0.0168. The van der Waals surface area contributed by atoms with Gasteiger partial charge in [0.05, 0.1) is 0 Å². The van der Waals surface area contributed by atoms with Gasteiger partial charge in [-0.25, -0.2) is 0 Å². The average Bonchev–Trinajstić information content (AvgIpc) is 2.82. The van der Waals surface area contributed by atoms with Gasteiger partial charge in [0, 0.05) is 33.1 Å². The molecule has 7 nitrogen and oxygen atoms in total. The van der Waals surface area contributed by atoms with E-state index in [9.17, 15) is 4.79 Å². The maximum absolute atomic E-state index is 11.2. The lowest BCUT2D eigenvalue weighted by Gasteiger charge is -2.19. The van der Waals surface area contributed by atoms with Crippen molar-refractivity contribution in [1.82, 2.24) is 24.9 Å². The van der Waals surface area contributed by atoms with Gasteiger partial charge in [0.25, 0.3) is 5.78 Å². The normalized spacial score (nSPS) is 10.6. The molecular formula is C10H13ClN6O. The molecular weight excluding hydrogens is 256 g/mol. The van der Waals surface area contributed by atoms with Gasteiger partial charge in [-0.05, 0) is 0 Å². The van der Waals surface area contributed by atoms with Crippen LogP contribution in [-0.2, 0) is 4.79 Å². The molecule has 0 saturated carbocycles. The van der Waals surface area contributed by atoms with E-state index in [0.717, 1.165) is 5.82 Å². The predicted octanol–water partition coefficient (Wildman–Crippen LogP) is 0.350. The lowest BCUT2D eigenvalue weighted by atomic mass is 10.3. The van der Waals surface area contributed by atoms with Crippen LogP contribution in [-0.4, -0.2) is 46.1 Å². The lowest BCUT2D eigenvalue weighted by molar-refractivity contribution is -0.120. The van der Waals surface area contributed by atoms with Crippen LogP contribution in [0.3, 0.4) is 0 Å². The van der Waals surface area contributed by atoms with Crippen LogP contribution in [0.2, 0.25) is 5.15 Å². The van der Waals surface area contributed by atoms with Crippen LogP contribution in [0.15, 0.2) is 12.4 Å². The van der Waals surface area contributed by atoms with E-state index in [1.165, 1.54) is 6.33 Å². The van der Waals surface area contributed by atoms with E-state index in [-0.39, 0.29) is 5.91 Å². The van der Waals surface area contributed by atoms with E-state index >= 15 is 0 Å². The Morgan fingerprint density at radius 3 is 3.11 bits per heavy atom. The van der Waals surface area contributed by atoms with Gasteiger partial charge in [-0.15, -0.1) is 0 Å². The molecule has 0 aliphatic rings. The first kappa shape index (κ1) is 12.6. The monoisotopic (exact) mass is 268 g/mol. The topological polar surface area (TPSA) is 75.4 Å². The van der Waals surface area contributed by atoms with Crippen LogP contribution in [0, 0.1) is 0 Å². The van der Waals surface area contributed by atoms with Crippen LogP contribution in [0.25, 0.3) is 5.78 Å². The summed E-state index contributed by atoms with van der Waals surface area (Å²) in [4.78, 5) is 21.1. The summed E-state index contributed by atoms with van der Waals surface area (Å²) in [5, 5.41) is 6.99. The summed E-state index contributed by atoms with van der Waals surface area (Å²) < 4.78 is 1.58. The zero-order valence-corrected chi connectivity index (χ0v) is 10.8. The van der Waals surface area contributed by atoms with Gasteiger partial charge in [0.1, 0.15) is 17.3 Å². The third-order valence-corrected chi connectivity index (χ3v) is 2.74. The summed E-state index contributed by atoms with van der Waals surface area (Å²) in [7, 11) is 3.47. The van der Waals surface area contributed by atoms with Gasteiger partial charge in [-0.1, -0.05) is 11.6 Å². The number of aromatic nitrogens is 4. The Morgan fingerprint density at radius 1 is 1.61 bits per heavy atom. The molecule has 0 radical (unpaired) electrons. The number of fused-ring (bicyclic) bond motifs is 1. The molecule has 0 aliphatic carbocycles. The molecule has 2 aromatic rings.